The zero-order valence-corrected chi connectivity index (χ0v) is 10.3. The first-order valence-electron chi connectivity index (χ1n) is 5.97. The van der Waals surface area contributed by atoms with Crippen LogP contribution in [0.25, 0.3) is 0 Å². The summed E-state index contributed by atoms with van der Waals surface area (Å²) in [7, 11) is 1.85. The van der Waals surface area contributed by atoms with Crippen molar-refractivity contribution in [3.05, 3.63) is 0 Å². The fourth-order valence-electron chi connectivity index (χ4n) is 1.76. The minimum atomic E-state index is 0.121. The van der Waals surface area contributed by atoms with Crippen LogP contribution in [0, 0.1) is 0 Å². The molecule has 0 aromatic heterocycles. The van der Waals surface area contributed by atoms with E-state index < -0.39 is 0 Å². The second-order valence-electron chi connectivity index (χ2n) is 4.16. The summed E-state index contributed by atoms with van der Waals surface area (Å²) in [4.78, 5) is 13.7. The summed E-state index contributed by atoms with van der Waals surface area (Å²) in [5, 5.41) is 5.88. The third-order valence-corrected chi connectivity index (χ3v) is 2.83. The lowest BCUT2D eigenvalue weighted by Gasteiger charge is -2.33. The number of morpholine rings is 1. The molecule has 16 heavy (non-hydrogen) atoms. The van der Waals surface area contributed by atoms with Gasteiger partial charge in [-0.05, 0) is 14.0 Å². The van der Waals surface area contributed by atoms with Crippen LogP contribution in [-0.2, 0) is 9.53 Å². The number of nitrogens with zero attached hydrogens (tertiary/aromatic N) is 1. The fourth-order valence-corrected chi connectivity index (χ4v) is 1.76. The molecule has 5 heteroatoms. The van der Waals surface area contributed by atoms with Crippen molar-refractivity contribution in [3.8, 4) is 0 Å². The predicted molar refractivity (Wildman–Crippen MR) is 63.4 cm³/mol. The van der Waals surface area contributed by atoms with Crippen LogP contribution in [0.4, 0.5) is 0 Å². The molecule has 5 nitrogen and oxygen atoms in total. The lowest BCUT2D eigenvalue weighted by atomic mass is 10.2. The predicted octanol–water partition coefficient (Wildman–Crippen LogP) is -0.567. The Morgan fingerprint density at radius 1 is 1.50 bits per heavy atom. The molecular weight excluding hydrogens is 206 g/mol. The van der Waals surface area contributed by atoms with E-state index in [1.807, 2.05) is 7.05 Å². The van der Waals surface area contributed by atoms with Gasteiger partial charge in [-0.3, -0.25) is 9.69 Å². The molecule has 0 spiro atoms. The lowest BCUT2D eigenvalue weighted by molar-refractivity contribution is -0.121. The van der Waals surface area contributed by atoms with Crippen LogP contribution in [0.15, 0.2) is 0 Å². The van der Waals surface area contributed by atoms with E-state index in [0.717, 1.165) is 39.4 Å². The lowest BCUT2D eigenvalue weighted by Crippen LogP contribution is -2.46. The summed E-state index contributed by atoms with van der Waals surface area (Å²) in [6, 6.07) is 0.461. The van der Waals surface area contributed by atoms with Gasteiger partial charge in [0.2, 0.25) is 5.91 Å². The molecule has 1 atom stereocenters. The van der Waals surface area contributed by atoms with Crippen LogP contribution in [0.1, 0.15) is 13.3 Å². The van der Waals surface area contributed by atoms with E-state index in [1.165, 1.54) is 0 Å². The van der Waals surface area contributed by atoms with Crippen molar-refractivity contribution in [1.82, 2.24) is 15.5 Å². The molecule has 1 rings (SSSR count). The standard InChI is InChI=1S/C11H23N3O2/c1-10-9-16-8-7-14(10)6-5-13-11(15)3-4-12-2/h10,12H,3-9H2,1-2H3,(H,13,15). The molecule has 2 N–H and O–H groups in total. The molecule has 0 aliphatic carbocycles. The molecule has 0 bridgehead atoms. The normalized spacial score (nSPS) is 22.0. The highest BCUT2D eigenvalue weighted by Crippen LogP contribution is 2.04. The topological polar surface area (TPSA) is 53.6 Å². The largest absolute Gasteiger partial charge is 0.379 e. The minimum absolute atomic E-state index is 0.121. The van der Waals surface area contributed by atoms with Gasteiger partial charge in [-0.1, -0.05) is 0 Å². The molecule has 94 valence electrons. The zero-order chi connectivity index (χ0) is 11.8. The summed E-state index contributed by atoms with van der Waals surface area (Å²) in [5.74, 6) is 0.121. The number of hydrogen-bond donors (Lipinski definition) is 2. The highest BCUT2D eigenvalue weighted by atomic mass is 16.5. The van der Waals surface area contributed by atoms with E-state index in [4.69, 9.17) is 4.74 Å². The van der Waals surface area contributed by atoms with Gasteiger partial charge in [0.05, 0.1) is 13.2 Å². The first kappa shape index (κ1) is 13.4. The van der Waals surface area contributed by atoms with Crippen molar-refractivity contribution < 1.29 is 9.53 Å². The van der Waals surface area contributed by atoms with Gasteiger partial charge in [0, 0.05) is 38.6 Å². The molecule has 0 aromatic rings. The number of rotatable bonds is 6. The average Bonchev–Trinajstić information content (AvgIpc) is 2.29. The maximum atomic E-state index is 11.3. The number of ether oxygens (including phenoxy) is 1. The van der Waals surface area contributed by atoms with Gasteiger partial charge >= 0.3 is 0 Å². The monoisotopic (exact) mass is 229 g/mol. The third-order valence-electron chi connectivity index (χ3n) is 2.83. The Balaban J connectivity index is 2.07. The summed E-state index contributed by atoms with van der Waals surface area (Å²) in [6.07, 6.45) is 0.551. The molecule has 1 unspecified atom stereocenters. The first-order chi connectivity index (χ1) is 7.74. The SMILES string of the molecule is CNCCC(=O)NCCN1CCOCC1C. The van der Waals surface area contributed by atoms with Crippen LogP contribution in [0.3, 0.4) is 0 Å². The van der Waals surface area contributed by atoms with E-state index in [2.05, 4.69) is 22.5 Å². The quantitative estimate of drug-likeness (QED) is 0.640. The van der Waals surface area contributed by atoms with E-state index in [1.54, 1.807) is 0 Å². The summed E-state index contributed by atoms with van der Waals surface area (Å²) >= 11 is 0. The third kappa shape index (κ3) is 4.92. The molecule has 1 amide bonds. The molecule has 0 saturated carbocycles. The molecule has 1 fully saturated rings. The number of hydrogen-bond acceptors (Lipinski definition) is 4. The Morgan fingerprint density at radius 2 is 2.31 bits per heavy atom. The van der Waals surface area contributed by atoms with Crippen molar-refractivity contribution >= 4 is 5.91 Å². The van der Waals surface area contributed by atoms with E-state index in [-0.39, 0.29) is 5.91 Å². The highest BCUT2D eigenvalue weighted by Gasteiger charge is 2.17. The maximum Gasteiger partial charge on any atom is 0.221 e. The minimum Gasteiger partial charge on any atom is -0.379 e. The second kappa shape index (κ2) is 7.60. The molecule has 1 aliphatic heterocycles. The maximum absolute atomic E-state index is 11.3. The van der Waals surface area contributed by atoms with E-state index in [9.17, 15) is 4.79 Å². The summed E-state index contributed by atoms with van der Waals surface area (Å²) in [5.41, 5.74) is 0. The first-order valence-corrected chi connectivity index (χ1v) is 5.97. The summed E-state index contributed by atoms with van der Waals surface area (Å²) in [6.45, 7) is 7.10. The Kier molecular flexibility index (Phi) is 6.37. The van der Waals surface area contributed by atoms with Crippen molar-refractivity contribution in [2.45, 2.75) is 19.4 Å². The Labute approximate surface area is 97.5 Å². The molecule has 1 saturated heterocycles. The van der Waals surface area contributed by atoms with Gasteiger partial charge in [0.15, 0.2) is 0 Å². The molecule has 1 heterocycles. The van der Waals surface area contributed by atoms with Crippen molar-refractivity contribution in [1.29, 1.82) is 0 Å². The molecule has 0 radical (unpaired) electrons. The van der Waals surface area contributed by atoms with Crippen LogP contribution in [-0.4, -0.2) is 63.3 Å². The van der Waals surface area contributed by atoms with E-state index >= 15 is 0 Å². The number of nitrogens with one attached hydrogen (secondary N) is 2. The molecule has 1 aliphatic rings. The van der Waals surface area contributed by atoms with Gasteiger partial charge in [-0.15, -0.1) is 0 Å². The van der Waals surface area contributed by atoms with Crippen molar-refractivity contribution in [2.24, 2.45) is 0 Å². The van der Waals surface area contributed by atoms with Gasteiger partial charge in [0.1, 0.15) is 0 Å². The Hall–Kier alpha value is -0.650. The van der Waals surface area contributed by atoms with Crippen LogP contribution in [0.5, 0.6) is 0 Å². The molecule has 0 aromatic carbocycles. The highest BCUT2D eigenvalue weighted by molar-refractivity contribution is 5.76. The van der Waals surface area contributed by atoms with Gasteiger partial charge < -0.3 is 15.4 Å². The summed E-state index contributed by atoms with van der Waals surface area (Å²) < 4.78 is 5.36. The van der Waals surface area contributed by atoms with Crippen LogP contribution in [0.2, 0.25) is 0 Å². The second-order valence-corrected chi connectivity index (χ2v) is 4.16. The Bertz CT molecular complexity index is 211. The van der Waals surface area contributed by atoms with Gasteiger partial charge in [0.25, 0.3) is 0 Å². The van der Waals surface area contributed by atoms with Crippen molar-refractivity contribution in [2.75, 3.05) is 46.4 Å². The number of carbonyl (C=O) groups excluding carboxylic acids is 1. The number of amides is 1. The van der Waals surface area contributed by atoms with Crippen LogP contribution >= 0.6 is 0 Å². The van der Waals surface area contributed by atoms with Crippen molar-refractivity contribution in [3.63, 3.8) is 0 Å². The number of carbonyl (C=O) groups is 1. The molecular formula is C11H23N3O2. The fraction of sp³-hybridized carbons (Fsp3) is 0.909. The smallest absolute Gasteiger partial charge is 0.221 e. The van der Waals surface area contributed by atoms with Crippen LogP contribution < -0.4 is 10.6 Å². The average molecular weight is 229 g/mol. The van der Waals surface area contributed by atoms with E-state index in [0.29, 0.717) is 12.5 Å². The zero-order valence-electron chi connectivity index (χ0n) is 10.3. The van der Waals surface area contributed by atoms with Gasteiger partial charge in [-0.25, -0.2) is 0 Å². The Morgan fingerprint density at radius 3 is 3.00 bits per heavy atom. The van der Waals surface area contributed by atoms with Gasteiger partial charge in [-0.2, -0.15) is 0 Å².